The third kappa shape index (κ3) is 5.28. The standard InChI is InChI=1S/C15H14F17O2/c16-8(17,4-3-7-34-6-2-1-5-33)9(18,19)10(20,21)11(22,23)12(24,25)13(26,27)14(28,29)15(30,31)32/h1-7H2. The van der Waals surface area contributed by atoms with Gasteiger partial charge in [-0.1, -0.05) is 0 Å². The minimum atomic E-state index is -8.62. The van der Waals surface area contributed by atoms with Crippen LogP contribution < -0.4 is 0 Å². The van der Waals surface area contributed by atoms with E-state index in [1.165, 1.54) is 0 Å². The maximum absolute atomic E-state index is 13.6. The molecule has 0 N–H and O–H groups in total. The SMILES string of the molecule is [O]CCCCOCCCC(F)(F)C(F)(F)C(F)(F)C(F)(F)C(F)(F)C(F)(F)C(F)(F)C(F)(F)F. The number of ether oxygens (including phenoxy) is 1. The van der Waals surface area contributed by atoms with Crippen molar-refractivity contribution in [3.63, 3.8) is 0 Å². The molecular weight excluding hydrogens is 535 g/mol. The van der Waals surface area contributed by atoms with Gasteiger partial charge in [0.25, 0.3) is 0 Å². The summed E-state index contributed by atoms with van der Waals surface area (Å²) in [7, 11) is 0. The average molecular weight is 549 g/mol. The molecule has 0 spiro atoms. The molecule has 0 fully saturated rings. The molecule has 0 amide bonds. The van der Waals surface area contributed by atoms with Gasteiger partial charge in [-0.15, -0.1) is 0 Å². The first kappa shape index (κ1) is 32.7. The predicted octanol–water partition coefficient (Wildman–Crippen LogP) is 7.00. The van der Waals surface area contributed by atoms with E-state index < -0.39 is 73.7 Å². The van der Waals surface area contributed by atoms with Gasteiger partial charge in [0.2, 0.25) is 0 Å². The second kappa shape index (κ2) is 10.0. The molecule has 1 radical (unpaired) electrons. The molecule has 0 saturated carbocycles. The minimum absolute atomic E-state index is 0.0156. The molecule has 0 bridgehead atoms. The molecule has 0 atom stereocenters. The summed E-state index contributed by atoms with van der Waals surface area (Å²) in [4.78, 5) is 0. The summed E-state index contributed by atoms with van der Waals surface area (Å²) in [6, 6.07) is 0. The van der Waals surface area contributed by atoms with Crippen LogP contribution in [0.15, 0.2) is 0 Å². The molecule has 0 aliphatic carbocycles. The number of rotatable bonds is 14. The summed E-state index contributed by atoms with van der Waals surface area (Å²) in [5.41, 5.74) is 0. The first-order valence-corrected chi connectivity index (χ1v) is 8.68. The van der Waals surface area contributed by atoms with E-state index in [0.717, 1.165) is 0 Å². The summed E-state index contributed by atoms with van der Waals surface area (Å²) in [6.45, 7) is -1.86. The zero-order valence-electron chi connectivity index (χ0n) is 16.2. The molecule has 0 aromatic heterocycles. The van der Waals surface area contributed by atoms with Crippen LogP contribution in [0.2, 0.25) is 0 Å². The summed E-state index contributed by atoms with van der Waals surface area (Å²) in [5, 5.41) is 10.1. The topological polar surface area (TPSA) is 29.1 Å². The Balaban J connectivity index is 5.98. The van der Waals surface area contributed by atoms with Gasteiger partial charge in [0.05, 0.1) is 6.61 Å². The van der Waals surface area contributed by atoms with Gasteiger partial charge in [-0.05, 0) is 19.3 Å². The lowest BCUT2D eigenvalue weighted by Crippen LogP contribution is -2.74. The van der Waals surface area contributed by atoms with E-state index in [1.807, 2.05) is 0 Å². The van der Waals surface area contributed by atoms with E-state index in [4.69, 9.17) is 0 Å². The summed E-state index contributed by atoms with van der Waals surface area (Å²) >= 11 is 0. The van der Waals surface area contributed by atoms with Crippen LogP contribution in [0, 0.1) is 0 Å². The monoisotopic (exact) mass is 549 g/mol. The lowest BCUT2D eigenvalue weighted by atomic mass is 9.88. The highest BCUT2D eigenvalue weighted by Crippen LogP contribution is 2.64. The molecule has 19 heteroatoms. The first-order valence-electron chi connectivity index (χ1n) is 8.68. The first-order chi connectivity index (χ1) is 14.8. The van der Waals surface area contributed by atoms with Crippen molar-refractivity contribution in [2.45, 2.75) is 73.3 Å². The molecule has 0 aliphatic rings. The predicted molar refractivity (Wildman–Crippen MR) is 75.5 cm³/mol. The molecule has 0 saturated heterocycles. The number of unbranched alkanes of at least 4 members (excludes halogenated alkanes) is 1. The van der Waals surface area contributed by atoms with Gasteiger partial charge in [0.1, 0.15) is 0 Å². The molecule has 0 rings (SSSR count). The van der Waals surface area contributed by atoms with Crippen molar-refractivity contribution in [1.82, 2.24) is 0 Å². The number of hydrogen-bond donors (Lipinski definition) is 0. The highest BCUT2D eigenvalue weighted by molar-refractivity contribution is 5.15. The Morgan fingerprint density at radius 1 is 0.441 bits per heavy atom. The van der Waals surface area contributed by atoms with Gasteiger partial charge < -0.3 is 4.74 Å². The van der Waals surface area contributed by atoms with Gasteiger partial charge >= 0.3 is 47.6 Å². The average Bonchev–Trinajstić information content (AvgIpc) is 2.65. The number of alkyl halides is 17. The Kier molecular flexibility index (Phi) is 9.63. The van der Waals surface area contributed by atoms with Crippen LogP contribution in [0.5, 0.6) is 0 Å². The van der Waals surface area contributed by atoms with E-state index in [-0.39, 0.29) is 19.4 Å². The lowest BCUT2D eigenvalue weighted by molar-refractivity contribution is -0.461. The third-order valence-electron chi connectivity index (χ3n) is 4.25. The van der Waals surface area contributed by atoms with Gasteiger partial charge in [0.15, 0.2) is 0 Å². The van der Waals surface area contributed by atoms with Crippen molar-refractivity contribution in [3.05, 3.63) is 0 Å². The molecule has 0 unspecified atom stereocenters. The van der Waals surface area contributed by atoms with Crippen molar-refractivity contribution in [2.24, 2.45) is 0 Å². The minimum Gasteiger partial charge on any atom is -0.381 e. The van der Waals surface area contributed by atoms with E-state index in [9.17, 15) is 79.7 Å². The second-order valence-electron chi connectivity index (χ2n) is 6.78. The van der Waals surface area contributed by atoms with Crippen molar-refractivity contribution in [3.8, 4) is 0 Å². The number of hydrogen-bond acceptors (Lipinski definition) is 1. The van der Waals surface area contributed by atoms with Crippen molar-refractivity contribution >= 4 is 0 Å². The second-order valence-corrected chi connectivity index (χ2v) is 6.78. The van der Waals surface area contributed by atoms with Gasteiger partial charge in [0, 0.05) is 19.6 Å². The van der Waals surface area contributed by atoms with Crippen LogP contribution in [0.4, 0.5) is 74.6 Å². The normalized spacial score (nSPS) is 15.7. The van der Waals surface area contributed by atoms with Gasteiger partial charge in [-0.25, -0.2) is 5.11 Å². The quantitative estimate of drug-likeness (QED) is 0.170. The van der Waals surface area contributed by atoms with Gasteiger partial charge in [-0.2, -0.15) is 74.6 Å². The van der Waals surface area contributed by atoms with E-state index >= 15 is 0 Å². The maximum Gasteiger partial charge on any atom is 0.460 e. The molecule has 205 valence electrons. The summed E-state index contributed by atoms with van der Waals surface area (Å²) < 4.78 is 227. The molecule has 0 aromatic rings. The van der Waals surface area contributed by atoms with Crippen LogP contribution in [0.25, 0.3) is 0 Å². The van der Waals surface area contributed by atoms with Gasteiger partial charge in [-0.3, -0.25) is 0 Å². The Hall–Kier alpha value is -1.27. The highest BCUT2D eigenvalue weighted by Gasteiger charge is 2.95. The van der Waals surface area contributed by atoms with Crippen LogP contribution in [0.1, 0.15) is 25.7 Å². The smallest absolute Gasteiger partial charge is 0.381 e. The van der Waals surface area contributed by atoms with Crippen molar-refractivity contribution in [1.29, 1.82) is 0 Å². The molecule has 0 aliphatic heterocycles. The van der Waals surface area contributed by atoms with Crippen LogP contribution in [0.3, 0.4) is 0 Å². The summed E-state index contributed by atoms with van der Waals surface area (Å²) in [5.74, 6) is -56.2. The summed E-state index contributed by atoms with van der Waals surface area (Å²) in [6.07, 6.45) is -11.6. The van der Waals surface area contributed by atoms with Crippen molar-refractivity contribution < 1.29 is 84.5 Å². The Morgan fingerprint density at radius 3 is 1.18 bits per heavy atom. The molecule has 0 aromatic carbocycles. The Morgan fingerprint density at radius 2 is 0.794 bits per heavy atom. The zero-order valence-corrected chi connectivity index (χ0v) is 16.2. The molecular formula is C15H14F17O2. The Bertz CT molecular complexity index is 656. The number of halogens is 17. The fourth-order valence-electron chi connectivity index (χ4n) is 2.16. The van der Waals surface area contributed by atoms with Crippen LogP contribution in [-0.2, 0) is 9.84 Å². The fraction of sp³-hybridized carbons (Fsp3) is 1.00. The van der Waals surface area contributed by atoms with Crippen molar-refractivity contribution in [2.75, 3.05) is 19.8 Å². The van der Waals surface area contributed by atoms with E-state index in [0.29, 0.717) is 0 Å². The third-order valence-corrected chi connectivity index (χ3v) is 4.25. The molecule has 34 heavy (non-hydrogen) atoms. The fourth-order valence-corrected chi connectivity index (χ4v) is 2.16. The molecule has 0 heterocycles. The van der Waals surface area contributed by atoms with Crippen LogP contribution in [-0.4, -0.2) is 67.5 Å². The molecule has 2 nitrogen and oxygen atoms in total. The van der Waals surface area contributed by atoms with E-state index in [1.54, 1.807) is 0 Å². The van der Waals surface area contributed by atoms with Crippen LogP contribution >= 0.6 is 0 Å². The Labute approximate surface area is 179 Å². The lowest BCUT2D eigenvalue weighted by Gasteiger charge is -2.42. The highest BCUT2D eigenvalue weighted by atomic mass is 19.4. The zero-order chi connectivity index (χ0) is 27.7. The maximum atomic E-state index is 13.6. The van der Waals surface area contributed by atoms with E-state index in [2.05, 4.69) is 4.74 Å². The largest absolute Gasteiger partial charge is 0.460 e.